The molecule has 354 valence electrons. The number of para-hydroxylation sites is 4. The van der Waals surface area contributed by atoms with Gasteiger partial charge in [-0.25, -0.2) is 4.98 Å². The van der Waals surface area contributed by atoms with Gasteiger partial charge < -0.3 is 14.4 Å². The van der Waals surface area contributed by atoms with E-state index in [1.54, 1.807) is 0 Å². The molecular formula is C71H50N4. The molecule has 4 heteroatoms. The Morgan fingerprint density at radius 3 is 1.00 bits per heavy atom. The van der Waals surface area contributed by atoms with Crippen LogP contribution in [0.1, 0.15) is 0 Å². The maximum Gasteiger partial charge on any atom is 0.0787 e. The molecule has 0 spiro atoms. The van der Waals surface area contributed by atoms with Gasteiger partial charge in [0.1, 0.15) is 0 Å². The second-order valence-electron chi connectivity index (χ2n) is 18.8. The molecular weight excluding hydrogens is 909 g/mol. The van der Waals surface area contributed by atoms with Crippen LogP contribution in [0.5, 0.6) is 0 Å². The summed E-state index contributed by atoms with van der Waals surface area (Å²) in [5, 5.41) is 2.34. The van der Waals surface area contributed by atoms with E-state index in [4.69, 9.17) is 4.98 Å². The Labute approximate surface area is 438 Å². The van der Waals surface area contributed by atoms with E-state index in [2.05, 4.69) is 312 Å². The standard InChI is InChI=1S/C71H50N4/c1-7-19-56(20-8-1)68-46-45-65(71(72-68)57-21-9-2-10-22-57)55-37-35-53(36-38-55)51-31-33-52(34-32-51)54-39-41-62(42-40-54)75-69-47-43-63(73(58-23-11-3-12-24-58)59-25-13-4-14-26-59)49-66(69)67-50-64(44-48-70(67)75)74(60-27-15-5-16-28-60)61-29-17-6-18-30-61/h1-50H. The third-order valence-electron chi connectivity index (χ3n) is 14.2. The van der Waals surface area contributed by atoms with Crippen molar-refractivity contribution in [2.75, 3.05) is 9.80 Å². The zero-order valence-corrected chi connectivity index (χ0v) is 41.2. The minimum Gasteiger partial charge on any atom is -0.310 e. The van der Waals surface area contributed by atoms with Crippen molar-refractivity contribution in [2.45, 2.75) is 0 Å². The Kier molecular flexibility index (Phi) is 11.9. The van der Waals surface area contributed by atoms with E-state index in [9.17, 15) is 0 Å². The molecule has 0 fully saturated rings. The van der Waals surface area contributed by atoms with Crippen molar-refractivity contribution >= 4 is 55.9 Å². The van der Waals surface area contributed by atoms with Crippen molar-refractivity contribution in [2.24, 2.45) is 0 Å². The quantitative estimate of drug-likeness (QED) is 0.122. The third kappa shape index (κ3) is 8.81. The first-order chi connectivity index (χ1) is 37.2. The highest BCUT2D eigenvalue weighted by molar-refractivity contribution is 6.12. The number of anilines is 6. The van der Waals surface area contributed by atoms with Crippen LogP contribution < -0.4 is 9.80 Å². The lowest BCUT2D eigenvalue weighted by Crippen LogP contribution is -2.09. The van der Waals surface area contributed by atoms with Gasteiger partial charge in [-0.05, 0) is 131 Å². The van der Waals surface area contributed by atoms with Crippen molar-refractivity contribution in [3.63, 3.8) is 0 Å². The number of fused-ring (bicyclic) bond motifs is 3. The highest BCUT2D eigenvalue weighted by Crippen LogP contribution is 2.43. The van der Waals surface area contributed by atoms with E-state index in [1.165, 1.54) is 27.5 Å². The second-order valence-corrected chi connectivity index (χ2v) is 18.8. The van der Waals surface area contributed by atoms with Crippen LogP contribution >= 0.6 is 0 Å². The highest BCUT2D eigenvalue weighted by atomic mass is 15.1. The Hall–Kier alpha value is -10.0. The summed E-state index contributed by atoms with van der Waals surface area (Å²) in [5.74, 6) is 0. The van der Waals surface area contributed by atoms with Crippen molar-refractivity contribution in [3.05, 3.63) is 303 Å². The molecule has 2 aromatic heterocycles. The summed E-state index contributed by atoms with van der Waals surface area (Å²) in [5.41, 5.74) is 21.0. The van der Waals surface area contributed by atoms with Gasteiger partial charge in [0, 0.05) is 67.3 Å². The minimum absolute atomic E-state index is 0.963. The third-order valence-corrected chi connectivity index (χ3v) is 14.2. The van der Waals surface area contributed by atoms with E-state index < -0.39 is 0 Å². The van der Waals surface area contributed by atoms with Crippen LogP contribution in [0.15, 0.2) is 303 Å². The Balaban J connectivity index is 0.845. The van der Waals surface area contributed by atoms with E-state index >= 15 is 0 Å². The van der Waals surface area contributed by atoms with Gasteiger partial charge in [-0.15, -0.1) is 0 Å². The molecule has 0 aliphatic rings. The summed E-state index contributed by atoms with van der Waals surface area (Å²) in [6, 6.07) is 108. The maximum absolute atomic E-state index is 5.21. The Morgan fingerprint density at radius 2 is 0.600 bits per heavy atom. The second kappa shape index (κ2) is 19.9. The van der Waals surface area contributed by atoms with Gasteiger partial charge in [0.05, 0.1) is 22.4 Å². The number of hydrogen-bond donors (Lipinski definition) is 0. The van der Waals surface area contributed by atoms with Gasteiger partial charge in [0.2, 0.25) is 0 Å². The molecule has 0 N–H and O–H groups in total. The average molecular weight is 959 g/mol. The van der Waals surface area contributed by atoms with Crippen molar-refractivity contribution in [1.29, 1.82) is 0 Å². The zero-order chi connectivity index (χ0) is 49.9. The number of benzene rings is 11. The molecule has 0 radical (unpaired) electrons. The van der Waals surface area contributed by atoms with Gasteiger partial charge in [-0.3, -0.25) is 0 Å². The van der Waals surface area contributed by atoms with Gasteiger partial charge >= 0.3 is 0 Å². The molecule has 75 heavy (non-hydrogen) atoms. The number of rotatable bonds is 12. The molecule has 11 aromatic carbocycles. The molecule has 0 atom stereocenters. The predicted molar refractivity (Wildman–Crippen MR) is 315 cm³/mol. The van der Waals surface area contributed by atoms with Crippen LogP contribution in [0, 0.1) is 0 Å². The molecule has 0 aliphatic carbocycles. The summed E-state index contributed by atoms with van der Waals surface area (Å²) in [6.07, 6.45) is 0. The van der Waals surface area contributed by atoms with Gasteiger partial charge in [0.15, 0.2) is 0 Å². The molecule has 2 heterocycles. The van der Waals surface area contributed by atoms with Crippen LogP contribution in [0.2, 0.25) is 0 Å². The summed E-state index contributed by atoms with van der Waals surface area (Å²) >= 11 is 0. The van der Waals surface area contributed by atoms with Gasteiger partial charge in [0.25, 0.3) is 0 Å². The highest BCUT2D eigenvalue weighted by Gasteiger charge is 2.20. The van der Waals surface area contributed by atoms with Crippen LogP contribution in [-0.2, 0) is 0 Å². The molecule has 0 aliphatic heterocycles. The lowest BCUT2D eigenvalue weighted by Gasteiger charge is -2.26. The van der Waals surface area contributed by atoms with Crippen molar-refractivity contribution in [1.82, 2.24) is 9.55 Å². The van der Waals surface area contributed by atoms with E-state index in [1.807, 2.05) is 6.07 Å². The normalized spacial score (nSPS) is 11.2. The van der Waals surface area contributed by atoms with E-state index in [0.717, 1.165) is 90.1 Å². The topological polar surface area (TPSA) is 24.3 Å². The van der Waals surface area contributed by atoms with Gasteiger partial charge in [-0.2, -0.15) is 0 Å². The van der Waals surface area contributed by atoms with Crippen LogP contribution in [-0.4, -0.2) is 9.55 Å². The molecule has 4 nitrogen and oxygen atoms in total. The lowest BCUT2D eigenvalue weighted by atomic mass is 9.95. The maximum atomic E-state index is 5.21. The fourth-order valence-corrected chi connectivity index (χ4v) is 10.5. The molecule has 0 bridgehead atoms. The molecule has 0 saturated heterocycles. The predicted octanol–water partition coefficient (Wildman–Crippen LogP) is 19.5. The smallest absolute Gasteiger partial charge is 0.0787 e. The fraction of sp³-hybridized carbons (Fsp3) is 0. The monoisotopic (exact) mass is 958 g/mol. The van der Waals surface area contributed by atoms with E-state index in [-0.39, 0.29) is 0 Å². The number of hydrogen-bond acceptors (Lipinski definition) is 3. The minimum atomic E-state index is 0.963. The summed E-state index contributed by atoms with van der Waals surface area (Å²) in [7, 11) is 0. The van der Waals surface area contributed by atoms with Crippen LogP contribution in [0.4, 0.5) is 34.1 Å². The summed E-state index contributed by atoms with van der Waals surface area (Å²) < 4.78 is 2.41. The number of pyridine rings is 1. The first-order valence-corrected chi connectivity index (χ1v) is 25.5. The largest absolute Gasteiger partial charge is 0.310 e. The molecule has 0 unspecified atom stereocenters. The molecule has 13 aromatic rings. The van der Waals surface area contributed by atoms with Crippen molar-refractivity contribution in [3.8, 4) is 61.6 Å². The molecule has 13 rings (SSSR count). The number of aromatic nitrogens is 2. The first kappa shape index (κ1) is 44.9. The lowest BCUT2D eigenvalue weighted by molar-refractivity contribution is 1.18. The van der Waals surface area contributed by atoms with Crippen LogP contribution in [0.25, 0.3) is 83.4 Å². The Morgan fingerprint density at radius 1 is 0.253 bits per heavy atom. The van der Waals surface area contributed by atoms with Crippen molar-refractivity contribution < 1.29 is 0 Å². The summed E-state index contributed by atoms with van der Waals surface area (Å²) in [4.78, 5) is 9.89. The zero-order valence-electron chi connectivity index (χ0n) is 41.2. The molecule has 0 saturated carbocycles. The van der Waals surface area contributed by atoms with E-state index in [0.29, 0.717) is 0 Å². The fourth-order valence-electron chi connectivity index (χ4n) is 10.5. The van der Waals surface area contributed by atoms with Crippen LogP contribution in [0.3, 0.4) is 0 Å². The number of nitrogens with zero attached hydrogens (tertiary/aromatic N) is 4. The first-order valence-electron chi connectivity index (χ1n) is 25.5. The Bertz CT molecular complexity index is 3830. The van der Waals surface area contributed by atoms with Gasteiger partial charge in [-0.1, -0.05) is 200 Å². The average Bonchev–Trinajstić information content (AvgIpc) is 3.82. The SMILES string of the molecule is c1ccc(-c2ccc(-c3ccc(-c4ccc(-c5ccc(-n6c7ccc(N(c8ccccc8)c8ccccc8)cc7c7cc(N(c8ccccc8)c8ccccc8)ccc76)cc5)cc4)cc3)c(-c3ccccc3)n2)cc1. The molecule has 0 amide bonds. The summed E-state index contributed by atoms with van der Waals surface area (Å²) in [6.45, 7) is 0.